The molecule has 0 aliphatic heterocycles. The lowest BCUT2D eigenvalue weighted by Gasteiger charge is -2.14. The Bertz CT molecular complexity index is 592. The molecule has 1 aromatic carbocycles. The van der Waals surface area contributed by atoms with E-state index in [4.69, 9.17) is 10.2 Å². The van der Waals surface area contributed by atoms with Gasteiger partial charge in [0.25, 0.3) is 5.91 Å². The van der Waals surface area contributed by atoms with E-state index in [0.717, 1.165) is 11.1 Å². The number of amides is 1. The zero-order chi connectivity index (χ0) is 14.5. The summed E-state index contributed by atoms with van der Waals surface area (Å²) >= 11 is 0. The Morgan fingerprint density at radius 1 is 1.45 bits per heavy atom. The maximum atomic E-state index is 11.9. The highest BCUT2D eigenvalue weighted by molar-refractivity contribution is 5.93. The molecule has 0 saturated carbocycles. The predicted octanol–water partition coefficient (Wildman–Crippen LogP) is 1.51. The van der Waals surface area contributed by atoms with Gasteiger partial charge in [-0.05, 0) is 24.1 Å². The van der Waals surface area contributed by atoms with Gasteiger partial charge in [-0.2, -0.15) is 0 Å². The van der Waals surface area contributed by atoms with Crippen LogP contribution in [0.2, 0.25) is 0 Å². The van der Waals surface area contributed by atoms with Crippen molar-refractivity contribution in [1.82, 2.24) is 5.32 Å². The first-order valence-electron chi connectivity index (χ1n) is 6.41. The number of carbonyl (C=O) groups excluding carboxylic acids is 1. The van der Waals surface area contributed by atoms with Gasteiger partial charge in [0, 0.05) is 6.54 Å². The van der Waals surface area contributed by atoms with Gasteiger partial charge >= 0.3 is 0 Å². The number of hydrogen-bond donors (Lipinski definition) is 3. The van der Waals surface area contributed by atoms with E-state index in [0.29, 0.717) is 11.3 Å². The molecule has 0 bridgehead atoms. The van der Waals surface area contributed by atoms with Crippen LogP contribution in [0.25, 0.3) is 0 Å². The zero-order valence-corrected chi connectivity index (χ0v) is 11.3. The summed E-state index contributed by atoms with van der Waals surface area (Å²) in [5.74, 6) is 0.260. The fourth-order valence-electron chi connectivity index (χ4n) is 1.97. The Morgan fingerprint density at radius 2 is 2.20 bits per heavy atom. The Labute approximate surface area is 117 Å². The Morgan fingerprint density at radius 3 is 2.85 bits per heavy atom. The molecule has 0 aliphatic carbocycles. The minimum Gasteiger partial charge on any atom is -0.467 e. The molecule has 5 nitrogen and oxygen atoms in total. The van der Waals surface area contributed by atoms with Crippen molar-refractivity contribution >= 4 is 5.91 Å². The molecule has 1 amide bonds. The largest absolute Gasteiger partial charge is 0.467 e. The van der Waals surface area contributed by atoms with Crippen molar-refractivity contribution in [1.29, 1.82) is 0 Å². The highest BCUT2D eigenvalue weighted by Crippen LogP contribution is 2.16. The summed E-state index contributed by atoms with van der Waals surface area (Å²) in [6.45, 7) is 2.32. The lowest BCUT2D eigenvalue weighted by Crippen LogP contribution is -2.28. The third-order valence-electron chi connectivity index (χ3n) is 3.12. The van der Waals surface area contributed by atoms with Crippen molar-refractivity contribution in [2.24, 2.45) is 5.73 Å². The van der Waals surface area contributed by atoms with Gasteiger partial charge in [0.2, 0.25) is 0 Å². The van der Waals surface area contributed by atoms with Crippen LogP contribution in [-0.2, 0) is 6.54 Å². The summed E-state index contributed by atoms with van der Waals surface area (Å²) in [7, 11) is 0. The monoisotopic (exact) mass is 274 g/mol. The average Bonchev–Trinajstić information content (AvgIpc) is 2.94. The van der Waals surface area contributed by atoms with E-state index < -0.39 is 6.10 Å². The maximum absolute atomic E-state index is 11.9. The molecule has 2 aromatic rings. The first kappa shape index (κ1) is 14.3. The van der Waals surface area contributed by atoms with Crippen LogP contribution in [0.1, 0.15) is 33.3 Å². The predicted molar refractivity (Wildman–Crippen MR) is 75.1 cm³/mol. The Kier molecular flexibility index (Phi) is 4.55. The van der Waals surface area contributed by atoms with Crippen LogP contribution in [-0.4, -0.2) is 17.6 Å². The van der Waals surface area contributed by atoms with Crippen LogP contribution >= 0.6 is 0 Å². The van der Waals surface area contributed by atoms with E-state index >= 15 is 0 Å². The van der Waals surface area contributed by atoms with Crippen LogP contribution in [0.3, 0.4) is 0 Å². The van der Waals surface area contributed by atoms with Crippen molar-refractivity contribution in [2.75, 3.05) is 6.54 Å². The number of rotatable bonds is 5. The summed E-state index contributed by atoms with van der Waals surface area (Å²) in [5.41, 5.74) is 7.61. The average molecular weight is 274 g/mol. The summed E-state index contributed by atoms with van der Waals surface area (Å²) in [6.07, 6.45) is 0.624. The molecule has 1 aromatic heterocycles. The molecule has 0 radical (unpaired) electrons. The van der Waals surface area contributed by atoms with Crippen molar-refractivity contribution < 1.29 is 14.3 Å². The van der Waals surface area contributed by atoms with Gasteiger partial charge < -0.3 is 20.6 Å². The van der Waals surface area contributed by atoms with Crippen molar-refractivity contribution in [3.63, 3.8) is 0 Å². The van der Waals surface area contributed by atoms with Crippen LogP contribution in [0.15, 0.2) is 41.0 Å². The summed E-state index contributed by atoms with van der Waals surface area (Å²) in [6, 6.07) is 9.12. The van der Waals surface area contributed by atoms with Gasteiger partial charge in [-0.15, -0.1) is 0 Å². The number of nitrogens with one attached hydrogen (secondary N) is 1. The highest BCUT2D eigenvalue weighted by Gasteiger charge is 2.14. The molecule has 4 N–H and O–H groups in total. The fraction of sp³-hybridized carbons (Fsp3) is 0.267. The second kappa shape index (κ2) is 6.36. The Hall–Kier alpha value is -2.11. The molecule has 0 saturated heterocycles. The quantitative estimate of drug-likeness (QED) is 0.771. The second-order valence-corrected chi connectivity index (χ2v) is 4.59. The van der Waals surface area contributed by atoms with Gasteiger partial charge in [0.05, 0.1) is 18.2 Å². The first-order valence-corrected chi connectivity index (χ1v) is 6.41. The van der Waals surface area contributed by atoms with Crippen LogP contribution in [0, 0.1) is 6.92 Å². The number of aliphatic hydroxyl groups excluding tert-OH is 1. The first-order chi connectivity index (χ1) is 9.61. The molecular weight excluding hydrogens is 256 g/mol. The Balaban J connectivity index is 1.95. The molecule has 106 valence electrons. The smallest absolute Gasteiger partial charge is 0.254 e. The highest BCUT2D eigenvalue weighted by atomic mass is 16.3. The number of hydrogen-bond acceptors (Lipinski definition) is 4. The van der Waals surface area contributed by atoms with Crippen molar-refractivity contribution in [2.45, 2.75) is 19.6 Å². The van der Waals surface area contributed by atoms with E-state index in [-0.39, 0.29) is 19.0 Å². The third-order valence-corrected chi connectivity index (χ3v) is 3.12. The minimum atomic E-state index is -0.735. The lowest BCUT2D eigenvalue weighted by atomic mass is 10.0. The van der Waals surface area contributed by atoms with Gasteiger partial charge in [0.1, 0.15) is 12.0 Å². The zero-order valence-electron chi connectivity index (χ0n) is 11.3. The molecule has 0 fully saturated rings. The second-order valence-electron chi connectivity index (χ2n) is 4.59. The molecule has 0 aliphatic rings. The van der Waals surface area contributed by atoms with E-state index in [1.54, 1.807) is 6.07 Å². The summed E-state index contributed by atoms with van der Waals surface area (Å²) in [4.78, 5) is 11.9. The summed E-state index contributed by atoms with van der Waals surface area (Å²) < 4.78 is 5.10. The standard InChI is InChI=1S/C15H18N2O3/c1-10-4-2-3-5-13(10)14(18)8-17-15(19)11-6-12(7-16)20-9-11/h2-6,9,14,18H,7-8,16H2,1H3,(H,17,19). The normalized spacial score (nSPS) is 12.2. The number of benzene rings is 1. The molecule has 5 heteroatoms. The van der Waals surface area contributed by atoms with Crippen molar-refractivity contribution in [3.8, 4) is 0 Å². The lowest BCUT2D eigenvalue weighted by molar-refractivity contribution is 0.0915. The minimum absolute atomic E-state index is 0.146. The molecule has 1 unspecified atom stereocenters. The van der Waals surface area contributed by atoms with Crippen LogP contribution < -0.4 is 11.1 Å². The van der Waals surface area contributed by atoms with E-state index in [1.807, 2.05) is 31.2 Å². The van der Waals surface area contributed by atoms with E-state index in [1.165, 1.54) is 6.26 Å². The summed E-state index contributed by atoms with van der Waals surface area (Å²) in [5, 5.41) is 12.8. The number of carbonyl (C=O) groups is 1. The topological polar surface area (TPSA) is 88.5 Å². The van der Waals surface area contributed by atoms with Gasteiger partial charge in [-0.1, -0.05) is 24.3 Å². The number of aryl methyl sites for hydroxylation is 1. The van der Waals surface area contributed by atoms with Gasteiger partial charge in [-0.25, -0.2) is 0 Å². The SMILES string of the molecule is Cc1ccccc1C(O)CNC(=O)c1coc(CN)c1. The molecule has 1 atom stereocenters. The molecule has 20 heavy (non-hydrogen) atoms. The molecule has 2 rings (SSSR count). The number of nitrogens with two attached hydrogens (primary N) is 1. The third kappa shape index (κ3) is 3.26. The van der Waals surface area contributed by atoms with Gasteiger partial charge in [-0.3, -0.25) is 4.79 Å². The molecule has 1 heterocycles. The molecular formula is C15H18N2O3. The number of aliphatic hydroxyl groups is 1. The van der Waals surface area contributed by atoms with Crippen molar-refractivity contribution in [3.05, 3.63) is 59.0 Å². The van der Waals surface area contributed by atoms with Crippen LogP contribution in [0.4, 0.5) is 0 Å². The van der Waals surface area contributed by atoms with E-state index in [2.05, 4.69) is 5.32 Å². The number of furan rings is 1. The van der Waals surface area contributed by atoms with E-state index in [9.17, 15) is 9.90 Å². The maximum Gasteiger partial charge on any atom is 0.254 e. The fourth-order valence-corrected chi connectivity index (χ4v) is 1.97. The van der Waals surface area contributed by atoms with Gasteiger partial charge in [0.15, 0.2) is 0 Å². The molecule has 0 spiro atoms. The van der Waals surface area contributed by atoms with Crippen LogP contribution in [0.5, 0.6) is 0 Å².